The van der Waals surface area contributed by atoms with Crippen LogP contribution < -0.4 is 16.0 Å². The van der Waals surface area contributed by atoms with E-state index in [0.717, 1.165) is 40.9 Å². The molecule has 1 aliphatic carbocycles. The van der Waals surface area contributed by atoms with E-state index in [-0.39, 0.29) is 5.91 Å². The topological polar surface area (TPSA) is 77.0 Å². The van der Waals surface area contributed by atoms with Crippen LogP contribution in [0.5, 0.6) is 0 Å². The number of benzene rings is 2. The van der Waals surface area contributed by atoms with Gasteiger partial charge >= 0.3 is 0 Å². The number of fused-ring (bicyclic) bond motifs is 1. The second-order valence-electron chi connectivity index (χ2n) is 6.77. The van der Waals surface area contributed by atoms with Crippen LogP contribution in [0.1, 0.15) is 24.8 Å². The molecule has 4 N–H and O–H groups in total. The highest BCUT2D eigenvalue weighted by atomic mass is 35.5. The van der Waals surface area contributed by atoms with Crippen molar-refractivity contribution in [3.05, 3.63) is 40.9 Å². The molecule has 0 atom stereocenters. The molecule has 0 spiro atoms. The molecule has 0 bridgehead atoms. The molecule has 0 unspecified atom stereocenters. The molecule has 0 radical (unpaired) electrons. The summed E-state index contributed by atoms with van der Waals surface area (Å²) >= 11 is 6.32. The smallest absolute Gasteiger partial charge is 0.226 e. The quantitative estimate of drug-likeness (QED) is 0.596. The molecule has 5 nitrogen and oxygen atoms in total. The minimum absolute atomic E-state index is 0.0444. The van der Waals surface area contributed by atoms with Gasteiger partial charge in [0.1, 0.15) is 0 Å². The van der Waals surface area contributed by atoms with Crippen LogP contribution in [-0.4, -0.2) is 25.2 Å². The Morgan fingerprint density at radius 1 is 1.23 bits per heavy atom. The molecule has 2 aromatic rings. The normalized spacial score (nSPS) is 16.2. The van der Waals surface area contributed by atoms with Gasteiger partial charge in [0, 0.05) is 48.5 Å². The predicted octanol–water partition coefficient (Wildman–Crippen LogP) is 4.58. The Kier molecular flexibility index (Phi) is 4.32. The van der Waals surface area contributed by atoms with E-state index in [4.69, 9.17) is 17.0 Å². The zero-order chi connectivity index (χ0) is 18.3. The maximum Gasteiger partial charge on any atom is 0.226 e. The zero-order valence-electron chi connectivity index (χ0n) is 14.6. The Morgan fingerprint density at radius 3 is 2.77 bits per heavy atom. The summed E-state index contributed by atoms with van der Waals surface area (Å²) in [5.41, 5.74) is 6.03. The Bertz CT molecular complexity index is 905. The lowest BCUT2D eigenvalue weighted by Crippen LogP contribution is -2.11. The lowest BCUT2D eigenvalue weighted by molar-refractivity contribution is -0.115. The molecule has 2 aromatic carbocycles. The largest absolute Gasteiger partial charge is 0.388 e. The van der Waals surface area contributed by atoms with Gasteiger partial charge in [0.2, 0.25) is 5.91 Å². The van der Waals surface area contributed by atoms with Crippen molar-refractivity contribution >= 4 is 40.3 Å². The van der Waals surface area contributed by atoms with Gasteiger partial charge in [-0.05, 0) is 36.6 Å². The van der Waals surface area contributed by atoms with E-state index >= 15 is 0 Å². The fourth-order valence-corrected chi connectivity index (χ4v) is 3.58. The molecule has 0 aromatic heterocycles. The van der Waals surface area contributed by atoms with Crippen molar-refractivity contribution in [3.63, 3.8) is 0 Å². The lowest BCUT2D eigenvalue weighted by atomic mass is 9.96. The summed E-state index contributed by atoms with van der Waals surface area (Å²) in [6, 6.07) is 9.88. The van der Waals surface area contributed by atoms with Gasteiger partial charge in [-0.3, -0.25) is 4.79 Å². The highest BCUT2D eigenvalue weighted by Crippen LogP contribution is 2.42. The SMILES string of the molecule is CNc1ccc(-c2ccc(Cl)c3c2NCCC(=O)N3)cc1C(=N)C1CC1. The molecule has 1 aliphatic heterocycles. The average Bonchev–Trinajstić information content (AvgIpc) is 3.49. The van der Waals surface area contributed by atoms with Crippen molar-refractivity contribution in [2.24, 2.45) is 5.92 Å². The monoisotopic (exact) mass is 368 g/mol. The van der Waals surface area contributed by atoms with Crippen LogP contribution in [0, 0.1) is 11.3 Å². The first-order chi connectivity index (χ1) is 12.6. The van der Waals surface area contributed by atoms with Gasteiger partial charge in [0.25, 0.3) is 0 Å². The van der Waals surface area contributed by atoms with Crippen molar-refractivity contribution in [2.75, 3.05) is 29.5 Å². The van der Waals surface area contributed by atoms with E-state index in [9.17, 15) is 4.79 Å². The fraction of sp³-hybridized carbons (Fsp3) is 0.300. The summed E-state index contributed by atoms with van der Waals surface area (Å²) in [4.78, 5) is 11.9. The number of hydrogen-bond donors (Lipinski definition) is 4. The van der Waals surface area contributed by atoms with Gasteiger partial charge in [-0.25, -0.2) is 0 Å². The van der Waals surface area contributed by atoms with E-state index in [1.807, 2.05) is 25.2 Å². The Labute approximate surface area is 157 Å². The van der Waals surface area contributed by atoms with Crippen molar-refractivity contribution < 1.29 is 4.79 Å². The summed E-state index contributed by atoms with van der Waals surface area (Å²) in [7, 11) is 1.88. The second kappa shape index (κ2) is 6.65. The first kappa shape index (κ1) is 16.9. The second-order valence-corrected chi connectivity index (χ2v) is 7.18. The van der Waals surface area contributed by atoms with Crippen molar-refractivity contribution in [2.45, 2.75) is 19.3 Å². The molecule has 4 rings (SSSR count). The highest BCUT2D eigenvalue weighted by molar-refractivity contribution is 6.35. The number of amides is 1. The summed E-state index contributed by atoms with van der Waals surface area (Å²) in [6.45, 7) is 0.561. The number of halogens is 1. The minimum atomic E-state index is -0.0444. The van der Waals surface area contributed by atoms with E-state index in [2.05, 4.69) is 22.0 Å². The van der Waals surface area contributed by atoms with E-state index in [1.165, 1.54) is 0 Å². The van der Waals surface area contributed by atoms with E-state index in [0.29, 0.717) is 35.3 Å². The molecule has 26 heavy (non-hydrogen) atoms. The van der Waals surface area contributed by atoms with E-state index < -0.39 is 0 Å². The van der Waals surface area contributed by atoms with Crippen LogP contribution in [0.3, 0.4) is 0 Å². The lowest BCUT2D eigenvalue weighted by Gasteiger charge is -2.17. The molecule has 134 valence electrons. The van der Waals surface area contributed by atoms with Gasteiger partial charge < -0.3 is 21.4 Å². The molecule has 1 heterocycles. The third-order valence-electron chi connectivity index (χ3n) is 4.95. The number of anilines is 3. The van der Waals surface area contributed by atoms with Crippen LogP contribution in [-0.2, 0) is 4.79 Å². The number of hydrogen-bond acceptors (Lipinski definition) is 4. The Balaban J connectivity index is 1.83. The van der Waals surface area contributed by atoms with Gasteiger partial charge in [0.15, 0.2) is 0 Å². The Hall–Kier alpha value is -2.53. The van der Waals surface area contributed by atoms with Gasteiger partial charge in [0.05, 0.1) is 16.4 Å². The summed E-state index contributed by atoms with van der Waals surface area (Å²) in [5.74, 6) is 0.328. The van der Waals surface area contributed by atoms with Crippen molar-refractivity contribution in [1.82, 2.24) is 0 Å². The molecule has 1 amide bonds. The summed E-state index contributed by atoms with van der Waals surface area (Å²) in [6.07, 6.45) is 2.59. The fourth-order valence-electron chi connectivity index (χ4n) is 3.37. The van der Waals surface area contributed by atoms with Crippen LogP contribution in [0.15, 0.2) is 30.3 Å². The van der Waals surface area contributed by atoms with Crippen LogP contribution in [0.4, 0.5) is 17.1 Å². The Morgan fingerprint density at radius 2 is 2.04 bits per heavy atom. The zero-order valence-corrected chi connectivity index (χ0v) is 15.3. The van der Waals surface area contributed by atoms with Crippen LogP contribution in [0.2, 0.25) is 5.02 Å². The highest BCUT2D eigenvalue weighted by Gasteiger charge is 2.29. The van der Waals surface area contributed by atoms with E-state index in [1.54, 1.807) is 6.07 Å². The van der Waals surface area contributed by atoms with Gasteiger partial charge in [-0.15, -0.1) is 0 Å². The maximum atomic E-state index is 11.9. The number of carbonyl (C=O) groups is 1. The molecule has 2 aliphatic rings. The van der Waals surface area contributed by atoms with Crippen LogP contribution in [0.25, 0.3) is 11.1 Å². The van der Waals surface area contributed by atoms with Gasteiger partial charge in [-0.2, -0.15) is 0 Å². The average molecular weight is 369 g/mol. The van der Waals surface area contributed by atoms with Crippen LogP contribution >= 0.6 is 11.6 Å². The maximum absolute atomic E-state index is 11.9. The number of nitrogens with one attached hydrogen (secondary N) is 4. The number of carbonyl (C=O) groups excluding carboxylic acids is 1. The minimum Gasteiger partial charge on any atom is -0.388 e. The molecule has 1 saturated carbocycles. The van der Waals surface area contributed by atoms with Crippen molar-refractivity contribution in [1.29, 1.82) is 5.41 Å². The first-order valence-corrected chi connectivity index (χ1v) is 9.23. The summed E-state index contributed by atoms with van der Waals surface area (Å²) in [5, 5.41) is 18.4. The molecule has 1 fully saturated rings. The standard InChI is InChI=1S/C20H21ClN4O/c1-23-16-7-4-12(10-14(16)18(22)11-2-3-11)13-5-6-15(21)20-19(13)24-9-8-17(26)25-20/h4-7,10-11,22-24H,2-3,8-9H2,1H3,(H,25,26). The van der Waals surface area contributed by atoms with Gasteiger partial charge in [-0.1, -0.05) is 23.7 Å². The number of rotatable bonds is 4. The molecule has 6 heteroatoms. The molecular weight excluding hydrogens is 348 g/mol. The molecule has 0 saturated heterocycles. The first-order valence-electron chi connectivity index (χ1n) is 8.85. The summed E-state index contributed by atoms with van der Waals surface area (Å²) < 4.78 is 0. The predicted molar refractivity (Wildman–Crippen MR) is 108 cm³/mol. The van der Waals surface area contributed by atoms with Crippen molar-refractivity contribution in [3.8, 4) is 11.1 Å². The molecular formula is C20H21ClN4O. The third kappa shape index (κ3) is 3.03. The third-order valence-corrected chi connectivity index (χ3v) is 5.26.